The Morgan fingerprint density at radius 1 is 1.19 bits per heavy atom. The molecule has 3 nitrogen and oxygen atoms in total. The lowest BCUT2D eigenvalue weighted by atomic mass is 10.0. The van der Waals surface area contributed by atoms with Gasteiger partial charge in [0.25, 0.3) is 0 Å². The average molecular weight is 280 g/mol. The summed E-state index contributed by atoms with van der Waals surface area (Å²) in [4.78, 5) is 14.5. The largest absolute Gasteiger partial charge is 0.320 e. The van der Waals surface area contributed by atoms with Crippen LogP contribution in [0.1, 0.15) is 16.7 Å². The van der Waals surface area contributed by atoms with Crippen LogP contribution >= 0.6 is 0 Å². The van der Waals surface area contributed by atoms with Gasteiger partial charge >= 0.3 is 0 Å². The van der Waals surface area contributed by atoms with Crippen molar-refractivity contribution in [3.8, 4) is 0 Å². The van der Waals surface area contributed by atoms with Gasteiger partial charge in [0.15, 0.2) is 0 Å². The van der Waals surface area contributed by atoms with Gasteiger partial charge < -0.3 is 10.6 Å². The van der Waals surface area contributed by atoms with Crippen LogP contribution in [-0.2, 0) is 17.6 Å². The summed E-state index contributed by atoms with van der Waals surface area (Å²) < 4.78 is 0. The minimum Gasteiger partial charge on any atom is -0.320 e. The molecule has 2 aromatic rings. The van der Waals surface area contributed by atoms with Crippen LogP contribution in [0.5, 0.6) is 0 Å². The van der Waals surface area contributed by atoms with Gasteiger partial charge in [-0.2, -0.15) is 0 Å². The van der Waals surface area contributed by atoms with Crippen molar-refractivity contribution in [3.05, 3.63) is 65.2 Å². The SMILES string of the molecule is Cc1cccc2c1CCN2C(=O)[C@@H](N)Cc1ccccc1. The number of amides is 1. The highest BCUT2D eigenvalue weighted by Gasteiger charge is 2.28. The maximum atomic E-state index is 12.6. The Labute approximate surface area is 125 Å². The number of carbonyl (C=O) groups is 1. The van der Waals surface area contributed by atoms with Crippen molar-refractivity contribution in [1.29, 1.82) is 0 Å². The number of fused-ring (bicyclic) bond motifs is 1. The Morgan fingerprint density at radius 2 is 1.95 bits per heavy atom. The molecule has 1 aliphatic heterocycles. The molecule has 21 heavy (non-hydrogen) atoms. The van der Waals surface area contributed by atoms with Gasteiger partial charge in [-0.3, -0.25) is 4.79 Å². The fourth-order valence-electron chi connectivity index (χ4n) is 2.99. The Bertz CT molecular complexity index is 652. The van der Waals surface area contributed by atoms with Gasteiger partial charge in [-0.15, -0.1) is 0 Å². The summed E-state index contributed by atoms with van der Waals surface area (Å²) in [6.07, 6.45) is 1.50. The van der Waals surface area contributed by atoms with Gasteiger partial charge in [-0.05, 0) is 42.5 Å². The molecule has 0 saturated carbocycles. The van der Waals surface area contributed by atoms with E-state index in [9.17, 15) is 4.79 Å². The van der Waals surface area contributed by atoms with Crippen LogP contribution in [0.2, 0.25) is 0 Å². The Hall–Kier alpha value is -2.13. The van der Waals surface area contributed by atoms with E-state index in [1.807, 2.05) is 47.4 Å². The number of anilines is 1. The molecule has 3 heteroatoms. The highest BCUT2D eigenvalue weighted by atomic mass is 16.2. The number of rotatable bonds is 3. The Morgan fingerprint density at radius 3 is 2.71 bits per heavy atom. The number of benzene rings is 2. The van der Waals surface area contributed by atoms with E-state index in [-0.39, 0.29) is 5.91 Å². The molecule has 0 fully saturated rings. The van der Waals surface area contributed by atoms with Crippen molar-refractivity contribution in [1.82, 2.24) is 0 Å². The highest BCUT2D eigenvalue weighted by Crippen LogP contribution is 2.30. The lowest BCUT2D eigenvalue weighted by Crippen LogP contribution is -2.44. The summed E-state index contributed by atoms with van der Waals surface area (Å²) in [6.45, 7) is 2.83. The number of carbonyl (C=O) groups excluding carboxylic acids is 1. The molecular formula is C18H20N2O. The first kappa shape index (κ1) is 13.8. The molecule has 108 valence electrons. The molecule has 1 heterocycles. The second-order valence-electron chi connectivity index (χ2n) is 5.61. The van der Waals surface area contributed by atoms with Gasteiger partial charge in [0, 0.05) is 12.2 Å². The highest BCUT2D eigenvalue weighted by molar-refractivity contribution is 5.99. The summed E-state index contributed by atoms with van der Waals surface area (Å²) in [6, 6.07) is 15.6. The van der Waals surface area contributed by atoms with Crippen molar-refractivity contribution < 1.29 is 4.79 Å². The summed E-state index contributed by atoms with van der Waals surface area (Å²) in [5.41, 5.74) is 10.8. The van der Waals surface area contributed by atoms with Crippen molar-refractivity contribution in [2.75, 3.05) is 11.4 Å². The minimum atomic E-state index is -0.487. The fraction of sp³-hybridized carbons (Fsp3) is 0.278. The summed E-state index contributed by atoms with van der Waals surface area (Å²) >= 11 is 0. The van der Waals surface area contributed by atoms with Gasteiger partial charge in [-0.25, -0.2) is 0 Å². The third-order valence-electron chi connectivity index (χ3n) is 4.14. The fourth-order valence-corrected chi connectivity index (χ4v) is 2.99. The number of nitrogens with two attached hydrogens (primary N) is 1. The predicted octanol–water partition coefficient (Wildman–Crippen LogP) is 2.45. The first-order chi connectivity index (χ1) is 10.2. The maximum absolute atomic E-state index is 12.6. The number of hydrogen-bond acceptors (Lipinski definition) is 2. The molecule has 0 radical (unpaired) electrons. The first-order valence-corrected chi connectivity index (χ1v) is 7.36. The van der Waals surface area contributed by atoms with Crippen LogP contribution < -0.4 is 10.6 Å². The number of hydrogen-bond donors (Lipinski definition) is 1. The van der Waals surface area contributed by atoms with Crippen LogP contribution in [0.15, 0.2) is 48.5 Å². The van der Waals surface area contributed by atoms with Gasteiger partial charge in [0.1, 0.15) is 0 Å². The van der Waals surface area contributed by atoms with Crippen LogP contribution in [-0.4, -0.2) is 18.5 Å². The molecule has 0 saturated heterocycles. The molecule has 3 rings (SSSR count). The van der Waals surface area contributed by atoms with E-state index in [2.05, 4.69) is 13.0 Å². The average Bonchev–Trinajstić information content (AvgIpc) is 2.93. The van der Waals surface area contributed by atoms with E-state index in [0.29, 0.717) is 6.42 Å². The quantitative estimate of drug-likeness (QED) is 0.938. The van der Waals surface area contributed by atoms with E-state index >= 15 is 0 Å². The zero-order chi connectivity index (χ0) is 14.8. The van der Waals surface area contributed by atoms with E-state index in [1.54, 1.807) is 0 Å². The molecular weight excluding hydrogens is 260 g/mol. The van der Waals surface area contributed by atoms with Crippen LogP contribution in [0, 0.1) is 6.92 Å². The van der Waals surface area contributed by atoms with E-state index in [1.165, 1.54) is 11.1 Å². The topological polar surface area (TPSA) is 46.3 Å². The van der Waals surface area contributed by atoms with Crippen LogP contribution in [0.25, 0.3) is 0 Å². The van der Waals surface area contributed by atoms with Crippen LogP contribution in [0.4, 0.5) is 5.69 Å². The van der Waals surface area contributed by atoms with E-state index < -0.39 is 6.04 Å². The third kappa shape index (κ3) is 2.69. The normalized spacial score (nSPS) is 14.9. The zero-order valence-electron chi connectivity index (χ0n) is 12.3. The molecule has 2 aromatic carbocycles. The minimum absolute atomic E-state index is 0.0169. The second-order valence-corrected chi connectivity index (χ2v) is 5.61. The van der Waals surface area contributed by atoms with Crippen molar-refractivity contribution in [2.45, 2.75) is 25.8 Å². The molecule has 1 atom stereocenters. The first-order valence-electron chi connectivity index (χ1n) is 7.36. The lowest BCUT2D eigenvalue weighted by molar-refractivity contribution is -0.119. The smallest absolute Gasteiger partial charge is 0.244 e. The van der Waals surface area contributed by atoms with Crippen molar-refractivity contribution in [3.63, 3.8) is 0 Å². The predicted molar refractivity (Wildman–Crippen MR) is 85.4 cm³/mol. The molecule has 0 unspecified atom stereocenters. The molecule has 0 spiro atoms. The standard InChI is InChI=1S/C18H20N2O/c1-13-6-5-9-17-15(13)10-11-20(17)18(21)16(19)12-14-7-3-2-4-8-14/h2-9,16H,10-12,19H2,1H3/t16-/m0/s1. The van der Waals surface area contributed by atoms with Crippen molar-refractivity contribution in [2.24, 2.45) is 5.73 Å². The molecule has 1 amide bonds. The number of aryl methyl sites for hydroxylation is 1. The summed E-state index contributed by atoms with van der Waals surface area (Å²) in [5, 5.41) is 0. The molecule has 2 N–H and O–H groups in total. The maximum Gasteiger partial charge on any atom is 0.244 e. The molecule has 0 aliphatic carbocycles. The summed E-state index contributed by atoms with van der Waals surface area (Å²) in [7, 11) is 0. The number of nitrogens with zero attached hydrogens (tertiary/aromatic N) is 1. The molecule has 1 aliphatic rings. The Balaban J connectivity index is 1.77. The van der Waals surface area contributed by atoms with E-state index in [0.717, 1.165) is 24.2 Å². The van der Waals surface area contributed by atoms with Gasteiger partial charge in [-0.1, -0.05) is 42.5 Å². The summed E-state index contributed by atoms with van der Waals surface area (Å²) in [5.74, 6) is 0.0169. The molecule has 0 aromatic heterocycles. The third-order valence-corrected chi connectivity index (χ3v) is 4.14. The van der Waals surface area contributed by atoms with Crippen LogP contribution in [0.3, 0.4) is 0 Å². The van der Waals surface area contributed by atoms with Gasteiger partial charge in [0.2, 0.25) is 5.91 Å². The monoisotopic (exact) mass is 280 g/mol. The lowest BCUT2D eigenvalue weighted by Gasteiger charge is -2.22. The van der Waals surface area contributed by atoms with Gasteiger partial charge in [0.05, 0.1) is 6.04 Å². The Kier molecular flexibility index (Phi) is 3.76. The zero-order valence-corrected chi connectivity index (χ0v) is 12.3. The van der Waals surface area contributed by atoms with E-state index in [4.69, 9.17) is 5.73 Å². The molecule has 0 bridgehead atoms. The second kappa shape index (κ2) is 5.70. The van der Waals surface area contributed by atoms with Crippen molar-refractivity contribution >= 4 is 11.6 Å².